The zero-order valence-electron chi connectivity index (χ0n) is 13.5. The van der Waals surface area contributed by atoms with Crippen LogP contribution >= 0.6 is 31.9 Å². The number of carboxylic acids is 1. The number of alkyl halides is 1. The lowest BCUT2D eigenvalue weighted by molar-refractivity contribution is -0.136. The predicted molar refractivity (Wildman–Crippen MR) is 101 cm³/mol. The number of nitrogens with one attached hydrogen (secondary N) is 1. The third-order valence-corrected chi connectivity index (χ3v) is 5.38. The van der Waals surface area contributed by atoms with E-state index < -0.39 is 5.97 Å². The number of rotatable bonds is 6. The minimum atomic E-state index is -0.776. The summed E-state index contributed by atoms with van der Waals surface area (Å²) in [6.07, 6.45) is 3.65. The lowest BCUT2D eigenvalue weighted by atomic mass is 10.0. The van der Waals surface area contributed by atoms with Gasteiger partial charge in [-0.2, -0.15) is 0 Å². The van der Waals surface area contributed by atoms with Crippen molar-refractivity contribution in [3.63, 3.8) is 0 Å². The summed E-state index contributed by atoms with van der Waals surface area (Å²) in [6, 6.07) is 0. The number of aliphatic imine (C=N–C) groups is 1. The van der Waals surface area contributed by atoms with Gasteiger partial charge < -0.3 is 10.1 Å². The maximum atomic E-state index is 10.9. The molecule has 4 nitrogen and oxygen atoms in total. The van der Waals surface area contributed by atoms with Gasteiger partial charge in [-0.1, -0.05) is 22.9 Å². The highest BCUT2D eigenvalue weighted by Crippen LogP contribution is 2.32. The van der Waals surface area contributed by atoms with Crippen molar-refractivity contribution in [2.45, 2.75) is 45.4 Å². The molecule has 0 saturated carbocycles. The van der Waals surface area contributed by atoms with Crippen LogP contribution < -0.4 is 0 Å². The van der Waals surface area contributed by atoms with E-state index >= 15 is 0 Å². The van der Waals surface area contributed by atoms with Gasteiger partial charge >= 0.3 is 5.97 Å². The van der Waals surface area contributed by atoms with Gasteiger partial charge in [-0.15, -0.1) is 0 Å². The number of carboxylic acid groups (broad SMARTS) is 1. The SMILES string of the molecule is CCC1=C(C)/C(=C/c2[nH]c(CBr)c(CCC(=O)O)c2C)N=C1Br. The van der Waals surface area contributed by atoms with Gasteiger partial charge in [0.05, 0.1) is 5.70 Å². The molecule has 0 radical (unpaired) electrons. The van der Waals surface area contributed by atoms with Crippen molar-refractivity contribution in [3.05, 3.63) is 39.4 Å². The van der Waals surface area contributed by atoms with Crippen molar-refractivity contribution in [3.8, 4) is 0 Å². The first kappa shape index (κ1) is 18.2. The van der Waals surface area contributed by atoms with Gasteiger partial charge in [0.25, 0.3) is 0 Å². The molecule has 0 aliphatic carbocycles. The minimum Gasteiger partial charge on any atom is -0.481 e. The first-order chi connectivity index (χ1) is 10.9. The van der Waals surface area contributed by atoms with Crippen LogP contribution in [-0.4, -0.2) is 20.7 Å². The first-order valence-electron chi connectivity index (χ1n) is 7.53. The molecule has 6 heteroatoms. The second-order valence-corrected chi connectivity index (χ2v) is 6.85. The Morgan fingerprint density at radius 3 is 2.61 bits per heavy atom. The fourth-order valence-corrected chi connectivity index (χ4v) is 4.05. The maximum absolute atomic E-state index is 10.9. The van der Waals surface area contributed by atoms with Crippen molar-refractivity contribution < 1.29 is 9.90 Å². The Labute approximate surface area is 153 Å². The molecule has 124 valence electrons. The Morgan fingerprint density at radius 1 is 1.39 bits per heavy atom. The summed E-state index contributed by atoms with van der Waals surface area (Å²) in [7, 11) is 0. The van der Waals surface area contributed by atoms with Gasteiger partial charge in [0.1, 0.15) is 4.62 Å². The molecule has 1 aromatic rings. The Morgan fingerprint density at radius 2 is 2.09 bits per heavy atom. The number of carbonyl (C=O) groups is 1. The highest BCUT2D eigenvalue weighted by Gasteiger charge is 2.19. The summed E-state index contributed by atoms with van der Waals surface area (Å²) >= 11 is 6.99. The lowest BCUT2D eigenvalue weighted by Crippen LogP contribution is -1.99. The molecule has 0 bridgehead atoms. The third kappa shape index (κ3) is 3.86. The average Bonchev–Trinajstić information content (AvgIpc) is 2.94. The normalized spacial score (nSPS) is 16.4. The monoisotopic (exact) mass is 442 g/mol. The summed E-state index contributed by atoms with van der Waals surface area (Å²) in [4.78, 5) is 18.8. The van der Waals surface area contributed by atoms with E-state index in [1.165, 1.54) is 11.1 Å². The van der Waals surface area contributed by atoms with Crippen LogP contribution in [0.3, 0.4) is 0 Å². The second kappa shape index (κ2) is 7.62. The summed E-state index contributed by atoms with van der Waals surface area (Å²) in [5.41, 5.74) is 7.56. The Balaban J connectivity index is 2.40. The number of allylic oxidation sites excluding steroid dienone is 2. The molecule has 2 rings (SSSR count). The number of aromatic nitrogens is 1. The molecular formula is C17H20Br2N2O2. The van der Waals surface area contributed by atoms with Crippen LogP contribution in [0, 0.1) is 6.92 Å². The van der Waals surface area contributed by atoms with Crippen molar-refractivity contribution in [2.24, 2.45) is 4.99 Å². The Hall–Kier alpha value is -1.14. The Bertz CT molecular complexity index is 727. The summed E-state index contributed by atoms with van der Waals surface area (Å²) < 4.78 is 0.903. The molecule has 0 amide bonds. The van der Waals surface area contributed by atoms with Crippen LogP contribution in [0.1, 0.15) is 49.2 Å². The number of hydrogen-bond acceptors (Lipinski definition) is 2. The molecule has 2 heterocycles. The third-order valence-electron chi connectivity index (χ3n) is 4.17. The van der Waals surface area contributed by atoms with Crippen molar-refractivity contribution in [1.82, 2.24) is 4.98 Å². The number of nitrogens with zero attached hydrogens (tertiary/aromatic N) is 1. The van der Waals surface area contributed by atoms with E-state index in [9.17, 15) is 4.79 Å². The standard InChI is InChI=1S/C17H20Br2N2O2/c1-4-11-9(2)14(21-17(11)19)7-13-10(3)12(5-6-16(22)23)15(8-18)20-13/h7,20H,4-6,8H2,1-3H3,(H,22,23)/b14-7-. The van der Waals surface area contributed by atoms with Gasteiger partial charge in [-0.05, 0) is 71.0 Å². The quantitative estimate of drug-likeness (QED) is 0.600. The largest absolute Gasteiger partial charge is 0.481 e. The van der Waals surface area contributed by atoms with E-state index in [1.54, 1.807) is 0 Å². The van der Waals surface area contributed by atoms with E-state index in [4.69, 9.17) is 5.11 Å². The van der Waals surface area contributed by atoms with Crippen molar-refractivity contribution in [2.75, 3.05) is 0 Å². The molecule has 2 N–H and O–H groups in total. The second-order valence-electron chi connectivity index (χ2n) is 5.54. The van der Waals surface area contributed by atoms with Gasteiger partial charge in [0.2, 0.25) is 0 Å². The number of aliphatic carboxylic acids is 1. The number of aromatic amines is 1. The van der Waals surface area contributed by atoms with E-state index in [-0.39, 0.29) is 6.42 Å². The van der Waals surface area contributed by atoms with Crippen LogP contribution in [0.2, 0.25) is 0 Å². The molecule has 0 fully saturated rings. The molecule has 0 unspecified atom stereocenters. The molecule has 0 saturated heterocycles. The molecule has 23 heavy (non-hydrogen) atoms. The van der Waals surface area contributed by atoms with E-state index in [2.05, 4.69) is 55.7 Å². The summed E-state index contributed by atoms with van der Waals surface area (Å²) in [6.45, 7) is 6.22. The topological polar surface area (TPSA) is 65.5 Å². The number of hydrogen-bond donors (Lipinski definition) is 2. The van der Waals surface area contributed by atoms with E-state index in [0.29, 0.717) is 11.8 Å². The van der Waals surface area contributed by atoms with Crippen LogP contribution in [0.4, 0.5) is 0 Å². The van der Waals surface area contributed by atoms with Gasteiger partial charge in [0, 0.05) is 23.1 Å². The van der Waals surface area contributed by atoms with Gasteiger partial charge in [0.15, 0.2) is 0 Å². The molecule has 0 spiro atoms. The molecule has 0 aromatic carbocycles. The molecule has 1 aromatic heterocycles. The molecule has 0 atom stereocenters. The fourth-order valence-electron chi connectivity index (χ4n) is 2.80. The summed E-state index contributed by atoms with van der Waals surface area (Å²) in [5, 5.41) is 9.60. The molecular weight excluding hydrogens is 424 g/mol. The average molecular weight is 444 g/mol. The smallest absolute Gasteiger partial charge is 0.303 e. The zero-order chi connectivity index (χ0) is 17.1. The number of H-pyrrole nitrogens is 1. The summed E-state index contributed by atoms with van der Waals surface area (Å²) in [5.74, 6) is -0.776. The Kier molecular flexibility index (Phi) is 6.03. The van der Waals surface area contributed by atoms with Crippen LogP contribution in [0.25, 0.3) is 6.08 Å². The van der Waals surface area contributed by atoms with E-state index in [0.717, 1.165) is 39.3 Å². The zero-order valence-corrected chi connectivity index (χ0v) is 16.6. The first-order valence-corrected chi connectivity index (χ1v) is 9.44. The van der Waals surface area contributed by atoms with Gasteiger partial charge in [-0.3, -0.25) is 4.79 Å². The molecule has 1 aliphatic rings. The van der Waals surface area contributed by atoms with Crippen LogP contribution in [-0.2, 0) is 16.5 Å². The van der Waals surface area contributed by atoms with Gasteiger partial charge in [-0.25, -0.2) is 4.99 Å². The van der Waals surface area contributed by atoms with Crippen LogP contribution in [0.15, 0.2) is 21.8 Å². The lowest BCUT2D eigenvalue weighted by Gasteiger charge is -2.01. The highest BCUT2D eigenvalue weighted by molar-refractivity contribution is 9.18. The number of halogens is 2. The van der Waals surface area contributed by atoms with Crippen LogP contribution in [0.5, 0.6) is 0 Å². The fraction of sp³-hybridized carbons (Fsp3) is 0.412. The maximum Gasteiger partial charge on any atom is 0.303 e. The van der Waals surface area contributed by atoms with Crippen molar-refractivity contribution in [1.29, 1.82) is 0 Å². The minimum absolute atomic E-state index is 0.136. The predicted octanol–water partition coefficient (Wildman–Crippen LogP) is 5.11. The van der Waals surface area contributed by atoms with Crippen molar-refractivity contribution >= 4 is 48.5 Å². The highest BCUT2D eigenvalue weighted by atomic mass is 79.9. The molecule has 1 aliphatic heterocycles. The van der Waals surface area contributed by atoms with E-state index in [1.807, 2.05) is 13.0 Å².